The fourth-order valence-electron chi connectivity index (χ4n) is 1.96. The molecule has 0 aromatic heterocycles. The molecule has 0 aromatic carbocycles. The van der Waals surface area contributed by atoms with E-state index >= 15 is 0 Å². The van der Waals surface area contributed by atoms with Gasteiger partial charge in [-0.05, 0) is 38.5 Å². The number of carbonyl (C=O) groups is 1. The van der Waals surface area contributed by atoms with Gasteiger partial charge in [-0.2, -0.15) is 0 Å². The van der Waals surface area contributed by atoms with Crippen molar-refractivity contribution in [3.05, 3.63) is 48.6 Å². The molecular formula is C20H32O3. The van der Waals surface area contributed by atoms with Gasteiger partial charge in [0.1, 0.15) is 0 Å². The second kappa shape index (κ2) is 16.8. The van der Waals surface area contributed by atoms with Gasteiger partial charge in [0, 0.05) is 6.42 Å². The molecule has 0 radical (unpaired) electrons. The second-order valence-electron chi connectivity index (χ2n) is 5.58. The first-order valence-electron chi connectivity index (χ1n) is 8.70. The predicted molar refractivity (Wildman–Crippen MR) is 97.4 cm³/mol. The number of aliphatic hydroxyl groups is 1. The van der Waals surface area contributed by atoms with E-state index in [1.165, 1.54) is 19.3 Å². The Morgan fingerprint density at radius 1 is 0.957 bits per heavy atom. The van der Waals surface area contributed by atoms with Gasteiger partial charge < -0.3 is 10.2 Å². The molecule has 0 spiro atoms. The van der Waals surface area contributed by atoms with E-state index in [0.29, 0.717) is 12.8 Å². The summed E-state index contributed by atoms with van der Waals surface area (Å²) in [5, 5.41) is 18.2. The minimum Gasteiger partial charge on any atom is -0.481 e. The molecule has 0 aliphatic rings. The number of aliphatic carboxylic acids is 1. The van der Waals surface area contributed by atoms with E-state index in [1.54, 1.807) is 6.08 Å². The first-order chi connectivity index (χ1) is 11.2. The van der Waals surface area contributed by atoms with Crippen LogP contribution >= 0.6 is 0 Å². The van der Waals surface area contributed by atoms with Crippen LogP contribution < -0.4 is 0 Å². The highest BCUT2D eigenvalue weighted by molar-refractivity contribution is 5.66. The molecule has 2 N–H and O–H groups in total. The number of rotatable bonds is 14. The summed E-state index contributed by atoms with van der Waals surface area (Å²) in [5.74, 6) is -0.760. The standard InChI is InChI=1S/C20H32O3/c1-2-3-4-5-6-7-8-9-10-13-16-19(21)17-14-11-12-15-18-20(22)23/h6-7,9-11,13-14,16,19,21H,2-5,8,12,15,17-18H2,1H3,(H,22,23)/b7-6?,10-9?,14-11?,16-13+/t19-/m1/s1. The van der Waals surface area contributed by atoms with E-state index in [9.17, 15) is 9.90 Å². The molecule has 3 heteroatoms. The Hall–Kier alpha value is -1.61. The Kier molecular flexibility index (Phi) is 15.6. The molecule has 0 bridgehead atoms. The summed E-state index contributed by atoms with van der Waals surface area (Å²) in [7, 11) is 0. The maximum atomic E-state index is 10.3. The third-order valence-electron chi connectivity index (χ3n) is 3.30. The molecule has 3 nitrogen and oxygen atoms in total. The van der Waals surface area contributed by atoms with Crippen LogP contribution in [0.5, 0.6) is 0 Å². The zero-order chi connectivity index (χ0) is 17.2. The SMILES string of the molecule is CCCCCC=CCC=C/C=C/[C@@H](O)CC=CCCCC(=O)O. The Bertz CT molecular complexity index is 392. The number of carboxylic acid groups (broad SMARTS) is 1. The van der Waals surface area contributed by atoms with Gasteiger partial charge in [-0.15, -0.1) is 0 Å². The van der Waals surface area contributed by atoms with Crippen molar-refractivity contribution in [3.63, 3.8) is 0 Å². The van der Waals surface area contributed by atoms with Crippen molar-refractivity contribution in [2.75, 3.05) is 0 Å². The van der Waals surface area contributed by atoms with Gasteiger partial charge in [0.15, 0.2) is 0 Å². The monoisotopic (exact) mass is 320 g/mol. The zero-order valence-corrected chi connectivity index (χ0v) is 14.4. The van der Waals surface area contributed by atoms with E-state index < -0.39 is 12.1 Å². The molecule has 0 aliphatic heterocycles. The number of unbranched alkanes of at least 4 members (excludes halogenated alkanes) is 4. The highest BCUT2D eigenvalue weighted by atomic mass is 16.4. The van der Waals surface area contributed by atoms with Gasteiger partial charge in [-0.25, -0.2) is 0 Å². The molecule has 130 valence electrons. The average molecular weight is 320 g/mol. The third-order valence-corrected chi connectivity index (χ3v) is 3.30. The van der Waals surface area contributed by atoms with E-state index in [2.05, 4.69) is 25.2 Å². The summed E-state index contributed by atoms with van der Waals surface area (Å²) in [4.78, 5) is 10.3. The van der Waals surface area contributed by atoms with Gasteiger partial charge in [0.25, 0.3) is 0 Å². The number of aliphatic hydroxyl groups excluding tert-OH is 1. The van der Waals surface area contributed by atoms with Crippen molar-refractivity contribution in [2.45, 2.75) is 70.8 Å². The average Bonchev–Trinajstić information content (AvgIpc) is 2.52. The summed E-state index contributed by atoms with van der Waals surface area (Å²) in [6, 6.07) is 0. The largest absolute Gasteiger partial charge is 0.481 e. The van der Waals surface area contributed by atoms with Crippen LogP contribution in [0.25, 0.3) is 0 Å². The summed E-state index contributed by atoms with van der Waals surface area (Å²) in [6.07, 6.45) is 23.5. The lowest BCUT2D eigenvalue weighted by Gasteiger charge is -1.99. The molecular weight excluding hydrogens is 288 g/mol. The molecule has 0 fully saturated rings. The normalized spacial score (nSPS) is 13.8. The van der Waals surface area contributed by atoms with Crippen LogP contribution in [-0.2, 0) is 4.79 Å². The van der Waals surface area contributed by atoms with Crippen LogP contribution in [0.1, 0.15) is 64.7 Å². The van der Waals surface area contributed by atoms with E-state index in [1.807, 2.05) is 24.3 Å². The van der Waals surface area contributed by atoms with E-state index in [4.69, 9.17) is 5.11 Å². The van der Waals surface area contributed by atoms with Gasteiger partial charge in [-0.3, -0.25) is 4.79 Å². The molecule has 0 saturated carbocycles. The van der Waals surface area contributed by atoms with Crippen molar-refractivity contribution in [3.8, 4) is 0 Å². The maximum absolute atomic E-state index is 10.3. The fraction of sp³-hybridized carbons (Fsp3) is 0.550. The molecule has 0 aromatic rings. The molecule has 0 heterocycles. The Labute approximate surface area is 141 Å². The summed E-state index contributed by atoms with van der Waals surface area (Å²) < 4.78 is 0. The lowest BCUT2D eigenvalue weighted by Crippen LogP contribution is -1.98. The Morgan fingerprint density at radius 2 is 1.70 bits per heavy atom. The lowest BCUT2D eigenvalue weighted by molar-refractivity contribution is -0.137. The van der Waals surface area contributed by atoms with Crippen molar-refractivity contribution in [2.24, 2.45) is 0 Å². The van der Waals surface area contributed by atoms with Gasteiger partial charge in [0.2, 0.25) is 0 Å². The van der Waals surface area contributed by atoms with Crippen LogP contribution in [0, 0.1) is 0 Å². The number of hydrogen-bond acceptors (Lipinski definition) is 2. The highest BCUT2D eigenvalue weighted by Crippen LogP contribution is 2.02. The zero-order valence-electron chi connectivity index (χ0n) is 14.4. The van der Waals surface area contributed by atoms with Crippen LogP contribution in [0.2, 0.25) is 0 Å². The lowest BCUT2D eigenvalue weighted by atomic mass is 10.2. The third kappa shape index (κ3) is 18.3. The molecule has 0 aliphatic carbocycles. The second-order valence-corrected chi connectivity index (χ2v) is 5.58. The van der Waals surface area contributed by atoms with Crippen LogP contribution in [-0.4, -0.2) is 22.3 Å². The molecule has 23 heavy (non-hydrogen) atoms. The van der Waals surface area contributed by atoms with Crippen molar-refractivity contribution >= 4 is 5.97 Å². The Balaban J connectivity index is 3.63. The quantitative estimate of drug-likeness (QED) is 0.263. The van der Waals surface area contributed by atoms with Crippen molar-refractivity contribution in [1.29, 1.82) is 0 Å². The van der Waals surface area contributed by atoms with Gasteiger partial charge in [-0.1, -0.05) is 68.4 Å². The summed E-state index contributed by atoms with van der Waals surface area (Å²) in [6.45, 7) is 2.21. The van der Waals surface area contributed by atoms with Crippen molar-refractivity contribution in [1.82, 2.24) is 0 Å². The highest BCUT2D eigenvalue weighted by Gasteiger charge is 1.95. The van der Waals surface area contributed by atoms with Crippen molar-refractivity contribution < 1.29 is 15.0 Å². The fourth-order valence-corrected chi connectivity index (χ4v) is 1.96. The number of carboxylic acids is 1. The minimum absolute atomic E-state index is 0.199. The molecule has 0 unspecified atom stereocenters. The number of allylic oxidation sites excluding steroid dienone is 6. The Morgan fingerprint density at radius 3 is 2.43 bits per heavy atom. The smallest absolute Gasteiger partial charge is 0.303 e. The topological polar surface area (TPSA) is 57.5 Å². The molecule has 0 rings (SSSR count). The van der Waals surface area contributed by atoms with Gasteiger partial charge >= 0.3 is 5.97 Å². The predicted octanol–water partition coefficient (Wildman–Crippen LogP) is 5.19. The van der Waals surface area contributed by atoms with E-state index in [-0.39, 0.29) is 6.42 Å². The molecule has 0 saturated heterocycles. The number of hydrogen-bond donors (Lipinski definition) is 2. The first kappa shape index (κ1) is 21.4. The summed E-state index contributed by atoms with van der Waals surface area (Å²) in [5.41, 5.74) is 0. The van der Waals surface area contributed by atoms with Crippen LogP contribution in [0.3, 0.4) is 0 Å². The molecule has 0 amide bonds. The minimum atomic E-state index is -0.760. The van der Waals surface area contributed by atoms with Crippen LogP contribution in [0.15, 0.2) is 48.6 Å². The van der Waals surface area contributed by atoms with E-state index in [0.717, 1.165) is 19.3 Å². The van der Waals surface area contributed by atoms with Crippen LogP contribution in [0.4, 0.5) is 0 Å². The van der Waals surface area contributed by atoms with Gasteiger partial charge in [0.05, 0.1) is 6.10 Å². The maximum Gasteiger partial charge on any atom is 0.303 e. The first-order valence-corrected chi connectivity index (χ1v) is 8.70. The summed E-state index contributed by atoms with van der Waals surface area (Å²) >= 11 is 0. The molecule has 1 atom stereocenters.